The minimum atomic E-state index is 0.0335. The predicted molar refractivity (Wildman–Crippen MR) is 170 cm³/mol. The molecule has 1 aliphatic rings. The van der Waals surface area contributed by atoms with E-state index in [1.54, 1.807) is 0 Å². The molecule has 3 aromatic carbocycles. The van der Waals surface area contributed by atoms with E-state index in [9.17, 15) is 4.79 Å². The van der Waals surface area contributed by atoms with Crippen molar-refractivity contribution >= 4 is 23.2 Å². The fourth-order valence-corrected chi connectivity index (χ4v) is 5.60. The maximum Gasteiger partial charge on any atom is 0.248 e. The number of benzene rings is 3. The molecule has 0 radical (unpaired) electrons. The van der Waals surface area contributed by atoms with Crippen LogP contribution in [0.2, 0.25) is 5.02 Å². The molecule has 8 heteroatoms. The van der Waals surface area contributed by atoms with Gasteiger partial charge in [0.15, 0.2) is 0 Å². The average molecular weight is 595 g/mol. The van der Waals surface area contributed by atoms with Crippen molar-refractivity contribution in [2.24, 2.45) is 0 Å². The van der Waals surface area contributed by atoms with Crippen LogP contribution in [0.5, 0.6) is 5.75 Å². The fourth-order valence-electron chi connectivity index (χ4n) is 5.48. The Hall–Kier alpha value is -4.17. The molecule has 0 atom stereocenters. The largest absolute Gasteiger partial charge is 0.494 e. The van der Waals surface area contributed by atoms with E-state index < -0.39 is 0 Å². The van der Waals surface area contributed by atoms with Crippen LogP contribution in [0.25, 0.3) is 28.0 Å². The number of imidazole rings is 1. The third kappa shape index (κ3) is 6.91. The van der Waals surface area contributed by atoms with Crippen molar-refractivity contribution < 1.29 is 14.3 Å². The molecule has 1 fully saturated rings. The normalized spacial score (nSPS) is 13.9. The Bertz CT molecular complexity index is 1680. The zero-order chi connectivity index (χ0) is 29.6. The number of hydrogen-bond acceptors (Lipinski definition) is 5. The highest BCUT2D eigenvalue weighted by Crippen LogP contribution is 2.30. The Morgan fingerprint density at radius 3 is 2.40 bits per heavy atom. The Kier molecular flexibility index (Phi) is 9.03. The highest BCUT2D eigenvalue weighted by molar-refractivity contribution is 6.30. The van der Waals surface area contributed by atoms with Crippen molar-refractivity contribution in [3.63, 3.8) is 0 Å². The first kappa shape index (κ1) is 28.9. The van der Waals surface area contributed by atoms with Gasteiger partial charge in [0.25, 0.3) is 0 Å². The standard InChI is InChI=1S/C35H35ClN4O3/c1-2-43-31-10-6-9-28(21-31)29-13-16-33-37-35(27-11-14-30(36)15-12-27)32(40(33)22-29)23-38-17-19-39(20-18-38)34(41)25-42-24-26-7-4-3-5-8-26/h3-16,21-22H,2,17-20,23-25H2,1H3. The maximum atomic E-state index is 12.8. The molecular weight excluding hydrogens is 560 g/mol. The lowest BCUT2D eigenvalue weighted by Crippen LogP contribution is -2.49. The van der Waals surface area contributed by atoms with E-state index in [4.69, 9.17) is 26.1 Å². The number of ether oxygens (including phenoxy) is 2. The van der Waals surface area contributed by atoms with E-state index in [1.165, 1.54) is 0 Å². The van der Waals surface area contributed by atoms with E-state index in [-0.39, 0.29) is 12.5 Å². The second kappa shape index (κ2) is 13.4. The summed E-state index contributed by atoms with van der Waals surface area (Å²) in [6.45, 7) is 6.71. The number of amides is 1. The Labute approximate surface area is 257 Å². The van der Waals surface area contributed by atoms with Gasteiger partial charge in [-0.3, -0.25) is 9.69 Å². The minimum absolute atomic E-state index is 0.0335. The number of pyridine rings is 1. The van der Waals surface area contributed by atoms with E-state index in [2.05, 4.69) is 39.8 Å². The molecule has 0 saturated carbocycles. The number of hydrogen-bond donors (Lipinski definition) is 0. The first-order chi connectivity index (χ1) is 21.1. The quantitative estimate of drug-likeness (QED) is 0.183. The molecule has 1 saturated heterocycles. The number of halogens is 1. The molecule has 7 nitrogen and oxygen atoms in total. The van der Waals surface area contributed by atoms with Crippen LogP contribution in [-0.4, -0.2) is 64.5 Å². The number of aromatic nitrogens is 2. The van der Waals surface area contributed by atoms with Gasteiger partial charge >= 0.3 is 0 Å². The number of carbonyl (C=O) groups excluding carboxylic acids is 1. The molecule has 0 unspecified atom stereocenters. The summed E-state index contributed by atoms with van der Waals surface area (Å²) in [6, 6.07) is 30.1. The van der Waals surface area contributed by atoms with Gasteiger partial charge in [0.2, 0.25) is 5.91 Å². The molecule has 0 N–H and O–H groups in total. The van der Waals surface area contributed by atoms with E-state index in [0.29, 0.717) is 37.9 Å². The summed E-state index contributed by atoms with van der Waals surface area (Å²) in [4.78, 5) is 22.2. The van der Waals surface area contributed by atoms with Gasteiger partial charge in [-0.05, 0) is 60.0 Å². The number of fused-ring (bicyclic) bond motifs is 1. The van der Waals surface area contributed by atoms with Gasteiger partial charge in [0.1, 0.15) is 18.0 Å². The molecular formula is C35H35ClN4O3. The molecule has 2 aromatic heterocycles. The molecule has 3 heterocycles. The second-order valence-electron chi connectivity index (χ2n) is 10.7. The first-order valence-corrected chi connectivity index (χ1v) is 15.1. The average Bonchev–Trinajstić information content (AvgIpc) is 3.40. The predicted octanol–water partition coefficient (Wildman–Crippen LogP) is 6.58. The SMILES string of the molecule is CCOc1cccc(-c2ccc3nc(-c4ccc(Cl)cc4)c(CN4CCN(C(=O)COCc5ccccc5)CC4)n3c2)c1. The lowest BCUT2D eigenvalue weighted by Gasteiger charge is -2.34. The molecule has 0 spiro atoms. The van der Waals surface area contributed by atoms with Gasteiger partial charge in [-0.25, -0.2) is 4.98 Å². The van der Waals surface area contributed by atoms with Crippen LogP contribution in [0.15, 0.2) is 97.2 Å². The van der Waals surface area contributed by atoms with Gasteiger partial charge in [0.05, 0.1) is 24.6 Å². The van der Waals surface area contributed by atoms with Crippen molar-refractivity contribution in [2.75, 3.05) is 39.4 Å². The summed E-state index contributed by atoms with van der Waals surface area (Å²) in [5.74, 6) is 0.886. The summed E-state index contributed by atoms with van der Waals surface area (Å²) in [7, 11) is 0. The number of rotatable bonds is 10. The van der Waals surface area contributed by atoms with Crippen molar-refractivity contribution in [1.82, 2.24) is 19.2 Å². The molecule has 43 heavy (non-hydrogen) atoms. The number of carbonyl (C=O) groups is 1. The van der Waals surface area contributed by atoms with Crippen LogP contribution in [0.4, 0.5) is 0 Å². The summed E-state index contributed by atoms with van der Waals surface area (Å²) in [6.07, 6.45) is 2.16. The molecule has 1 aliphatic heterocycles. The lowest BCUT2D eigenvalue weighted by molar-refractivity contribution is -0.138. The van der Waals surface area contributed by atoms with Crippen LogP contribution < -0.4 is 4.74 Å². The Morgan fingerprint density at radius 2 is 1.63 bits per heavy atom. The van der Waals surface area contributed by atoms with Crippen LogP contribution in [0.3, 0.4) is 0 Å². The Balaban J connectivity index is 1.20. The number of nitrogens with zero attached hydrogens (tertiary/aromatic N) is 4. The van der Waals surface area contributed by atoms with E-state index in [0.717, 1.165) is 58.1 Å². The van der Waals surface area contributed by atoms with Gasteiger partial charge in [-0.1, -0.05) is 66.2 Å². The smallest absolute Gasteiger partial charge is 0.248 e. The maximum absolute atomic E-state index is 12.8. The molecule has 1 amide bonds. The third-order valence-electron chi connectivity index (χ3n) is 7.75. The van der Waals surface area contributed by atoms with Crippen molar-refractivity contribution in [3.8, 4) is 28.1 Å². The van der Waals surface area contributed by atoms with Crippen LogP contribution >= 0.6 is 11.6 Å². The molecule has 0 bridgehead atoms. The zero-order valence-corrected chi connectivity index (χ0v) is 25.0. The summed E-state index contributed by atoms with van der Waals surface area (Å²) >= 11 is 6.21. The summed E-state index contributed by atoms with van der Waals surface area (Å²) < 4.78 is 13.6. The van der Waals surface area contributed by atoms with Crippen LogP contribution in [0, 0.1) is 0 Å². The number of piperazine rings is 1. The topological polar surface area (TPSA) is 59.3 Å². The molecule has 0 aliphatic carbocycles. The van der Waals surface area contributed by atoms with Crippen molar-refractivity contribution in [2.45, 2.75) is 20.1 Å². The van der Waals surface area contributed by atoms with Crippen LogP contribution in [0.1, 0.15) is 18.2 Å². The summed E-state index contributed by atoms with van der Waals surface area (Å²) in [5, 5.41) is 0.694. The lowest BCUT2D eigenvalue weighted by atomic mass is 10.1. The molecule has 220 valence electrons. The highest BCUT2D eigenvalue weighted by atomic mass is 35.5. The third-order valence-corrected chi connectivity index (χ3v) is 8.00. The highest BCUT2D eigenvalue weighted by Gasteiger charge is 2.24. The molecule has 6 rings (SSSR count). The van der Waals surface area contributed by atoms with Gasteiger partial charge in [0, 0.05) is 49.5 Å². The summed E-state index contributed by atoms with van der Waals surface area (Å²) in [5.41, 5.74) is 7.18. The van der Waals surface area contributed by atoms with Crippen LogP contribution in [-0.2, 0) is 22.7 Å². The van der Waals surface area contributed by atoms with E-state index in [1.807, 2.05) is 78.6 Å². The Morgan fingerprint density at radius 1 is 0.860 bits per heavy atom. The van der Waals surface area contributed by atoms with Crippen molar-refractivity contribution in [1.29, 1.82) is 0 Å². The van der Waals surface area contributed by atoms with Gasteiger partial charge in [-0.2, -0.15) is 0 Å². The minimum Gasteiger partial charge on any atom is -0.494 e. The fraction of sp³-hybridized carbons (Fsp3) is 0.257. The van der Waals surface area contributed by atoms with E-state index >= 15 is 0 Å². The first-order valence-electron chi connectivity index (χ1n) is 14.7. The molecule has 5 aromatic rings. The monoisotopic (exact) mass is 594 g/mol. The zero-order valence-electron chi connectivity index (χ0n) is 24.3. The van der Waals surface area contributed by atoms with Gasteiger partial charge < -0.3 is 18.8 Å². The van der Waals surface area contributed by atoms with Crippen molar-refractivity contribution in [3.05, 3.63) is 113 Å². The second-order valence-corrected chi connectivity index (χ2v) is 11.1. The van der Waals surface area contributed by atoms with Gasteiger partial charge in [-0.15, -0.1) is 0 Å².